The van der Waals surface area contributed by atoms with Gasteiger partial charge in [0.15, 0.2) is 5.12 Å². The van der Waals surface area contributed by atoms with E-state index in [2.05, 4.69) is 4.98 Å². The first kappa shape index (κ1) is 15.7. The molecule has 2 unspecified atom stereocenters. The number of hydrogen-bond donors (Lipinski definition) is 2. The van der Waals surface area contributed by atoms with Crippen LogP contribution in [0.15, 0.2) is 12.1 Å². The molecule has 0 spiro atoms. The van der Waals surface area contributed by atoms with Crippen LogP contribution in [0.4, 0.5) is 0 Å². The number of hydrogen-bond acceptors (Lipinski definition) is 5. The summed E-state index contributed by atoms with van der Waals surface area (Å²) in [6, 6.07) is 3.01. The number of rotatable bonds is 5. The lowest BCUT2D eigenvalue weighted by Gasteiger charge is -2.18. The summed E-state index contributed by atoms with van der Waals surface area (Å²) in [6.07, 6.45) is -1.86. The Labute approximate surface area is 119 Å². The number of aliphatic hydroxyl groups excluding tert-OH is 2. The van der Waals surface area contributed by atoms with Crippen LogP contribution in [0.1, 0.15) is 25.0 Å². The van der Waals surface area contributed by atoms with Crippen molar-refractivity contribution in [1.29, 1.82) is 0 Å². The van der Waals surface area contributed by atoms with Crippen molar-refractivity contribution in [2.75, 3.05) is 5.75 Å². The van der Waals surface area contributed by atoms with Crippen LogP contribution in [-0.4, -0.2) is 32.2 Å². The minimum atomic E-state index is -1.14. The van der Waals surface area contributed by atoms with E-state index in [0.29, 0.717) is 11.3 Å². The Balaban J connectivity index is 2.62. The normalized spacial score (nSPS) is 14.3. The zero-order valence-corrected chi connectivity index (χ0v) is 12.0. The maximum Gasteiger partial charge on any atom is 0.185 e. The topological polar surface area (TPSA) is 70.4 Å². The highest BCUT2D eigenvalue weighted by Gasteiger charge is 2.21. The second kappa shape index (κ2) is 7.31. The Morgan fingerprint density at radius 3 is 2.67 bits per heavy atom. The molecule has 4 nitrogen and oxygen atoms in total. The fourth-order valence-electron chi connectivity index (χ4n) is 1.33. The van der Waals surface area contributed by atoms with Crippen molar-refractivity contribution in [2.45, 2.75) is 25.6 Å². The molecule has 0 amide bonds. The van der Waals surface area contributed by atoms with Gasteiger partial charge < -0.3 is 10.2 Å². The summed E-state index contributed by atoms with van der Waals surface area (Å²) < 4.78 is 0. The standard InChI is InChI=1S/C11H13Cl2NO3S/c1-6(15)18-5-4-8(16)10(17)7-2-3-9(12)14-11(7)13/h2-3,8,10,16-17H,4-5H2,1H3. The summed E-state index contributed by atoms with van der Waals surface area (Å²) in [7, 11) is 0. The van der Waals surface area contributed by atoms with Crippen molar-refractivity contribution < 1.29 is 15.0 Å². The zero-order valence-electron chi connectivity index (χ0n) is 9.64. The number of aromatic nitrogens is 1. The van der Waals surface area contributed by atoms with E-state index in [4.69, 9.17) is 23.2 Å². The molecule has 0 fully saturated rings. The molecule has 0 bridgehead atoms. The van der Waals surface area contributed by atoms with Gasteiger partial charge in [0.05, 0.1) is 6.10 Å². The zero-order chi connectivity index (χ0) is 13.7. The lowest BCUT2D eigenvalue weighted by atomic mass is 10.0. The molecule has 2 atom stereocenters. The lowest BCUT2D eigenvalue weighted by molar-refractivity contribution is -0.109. The maximum atomic E-state index is 10.7. The molecule has 1 heterocycles. The highest BCUT2D eigenvalue weighted by Crippen LogP contribution is 2.27. The Morgan fingerprint density at radius 2 is 2.11 bits per heavy atom. The Bertz CT molecular complexity index is 431. The van der Waals surface area contributed by atoms with Gasteiger partial charge in [0.1, 0.15) is 16.4 Å². The minimum absolute atomic E-state index is 0.0251. The van der Waals surface area contributed by atoms with Crippen molar-refractivity contribution in [1.82, 2.24) is 4.98 Å². The predicted octanol–water partition coefficient (Wildman–Crippen LogP) is 2.45. The summed E-state index contributed by atoms with van der Waals surface area (Å²) in [5.74, 6) is 0.437. The molecule has 0 saturated carbocycles. The molecule has 0 saturated heterocycles. The lowest BCUT2D eigenvalue weighted by Crippen LogP contribution is -2.19. The van der Waals surface area contributed by atoms with Gasteiger partial charge in [-0.2, -0.15) is 0 Å². The van der Waals surface area contributed by atoms with Crippen molar-refractivity contribution in [3.63, 3.8) is 0 Å². The van der Waals surface area contributed by atoms with Crippen molar-refractivity contribution in [2.24, 2.45) is 0 Å². The Morgan fingerprint density at radius 1 is 1.44 bits per heavy atom. The van der Waals surface area contributed by atoms with E-state index < -0.39 is 12.2 Å². The van der Waals surface area contributed by atoms with E-state index in [1.165, 1.54) is 19.1 Å². The quantitative estimate of drug-likeness (QED) is 0.818. The van der Waals surface area contributed by atoms with Gasteiger partial charge in [0.2, 0.25) is 0 Å². The minimum Gasteiger partial charge on any atom is -0.390 e. The molecule has 2 N–H and O–H groups in total. The van der Waals surface area contributed by atoms with Crippen LogP contribution in [-0.2, 0) is 4.79 Å². The molecule has 0 aliphatic heterocycles. The van der Waals surface area contributed by atoms with Crippen LogP contribution in [0, 0.1) is 0 Å². The second-order valence-electron chi connectivity index (χ2n) is 3.65. The van der Waals surface area contributed by atoms with Gasteiger partial charge in [-0.15, -0.1) is 0 Å². The third kappa shape index (κ3) is 4.74. The molecule has 0 aromatic carbocycles. The van der Waals surface area contributed by atoms with E-state index in [9.17, 15) is 15.0 Å². The first-order chi connectivity index (χ1) is 8.41. The number of aliphatic hydroxyl groups is 2. The van der Waals surface area contributed by atoms with Crippen molar-refractivity contribution in [3.05, 3.63) is 28.0 Å². The second-order valence-corrected chi connectivity index (χ2v) is 5.67. The van der Waals surface area contributed by atoms with Crippen LogP contribution in [0.25, 0.3) is 0 Å². The molecule has 0 radical (unpaired) electrons. The van der Waals surface area contributed by atoms with Gasteiger partial charge in [-0.3, -0.25) is 4.79 Å². The molecule has 1 aromatic rings. The molecule has 1 aromatic heterocycles. The van der Waals surface area contributed by atoms with Gasteiger partial charge in [0.25, 0.3) is 0 Å². The molecular weight excluding hydrogens is 297 g/mol. The third-order valence-electron chi connectivity index (χ3n) is 2.25. The summed E-state index contributed by atoms with van der Waals surface area (Å²) in [6.45, 7) is 1.45. The van der Waals surface area contributed by atoms with E-state index in [0.717, 1.165) is 11.8 Å². The fraction of sp³-hybridized carbons (Fsp3) is 0.455. The highest BCUT2D eigenvalue weighted by atomic mass is 35.5. The fourth-order valence-corrected chi connectivity index (χ4v) is 2.44. The summed E-state index contributed by atoms with van der Waals surface area (Å²) in [5, 5.41) is 20.0. The van der Waals surface area contributed by atoms with Gasteiger partial charge in [-0.25, -0.2) is 4.98 Å². The first-order valence-corrected chi connectivity index (χ1v) is 6.97. The monoisotopic (exact) mass is 309 g/mol. The number of thioether (sulfide) groups is 1. The van der Waals surface area contributed by atoms with Crippen LogP contribution in [0.3, 0.4) is 0 Å². The van der Waals surface area contributed by atoms with Crippen LogP contribution >= 0.6 is 35.0 Å². The molecular formula is C11H13Cl2NO3S. The average molecular weight is 310 g/mol. The van der Waals surface area contributed by atoms with E-state index in [1.807, 2.05) is 0 Å². The SMILES string of the molecule is CC(=O)SCCC(O)C(O)c1ccc(Cl)nc1Cl. The van der Waals surface area contributed by atoms with Gasteiger partial charge >= 0.3 is 0 Å². The van der Waals surface area contributed by atoms with Crippen LogP contribution in [0.5, 0.6) is 0 Å². The van der Waals surface area contributed by atoms with E-state index >= 15 is 0 Å². The molecule has 18 heavy (non-hydrogen) atoms. The first-order valence-electron chi connectivity index (χ1n) is 5.23. The maximum absolute atomic E-state index is 10.7. The largest absolute Gasteiger partial charge is 0.390 e. The van der Waals surface area contributed by atoms with Gasteiger partial charge in [-0.1, -0.05) is 41.0 Å². The summed E-state index contributed by atoms with van der Waals surface area (Å²) in [4.78, 5) is 14.5. The van der Waals surface area contributed by atoms with Crippen LogP contribution in [0.2, 0.25) is 10.3 Å². The van der Waals surface area contributed by atoms with E-state index in [1.54, 1.807) is 0 Å². The smallest absolute Gasteiger partial charge is 0.185 e. The van der Waals surface area contributed by atoms with Crippen molar-refractivity contribution >= 4 is 40.1 Å². The average Bonchev–Trinajstić information content (AvgIpc) is 2.27. The Hall–Kier alpha value is -0.330. The Kier molecular flexibility index (Phi) is 6.38. The van der Waals surface area contributed by atoms with Gasteiger partial charge in [-0.05, 0) is 12.5 Å². The number of halogens is 2. The molecule has 0 aliphatic carbocycles. The van der Waals surface area contributed by atoms with E-state index in [-0.39, 0.29) is 21.8 Å². The van der Waals surface area contributed by atoms with Gasteiger partial charge in [0, 0.05) is 18.2 Å². The molecule has 7 heteroatoms. The number of carbonyl (C=O) groups excluding carboxylic acids is 1. The highest BCUT2D eigenvalue weighted by molar-refractivity contribution is 8.13. The predicted molar refractivity (Wildman–Crippen MR) is 73.0 cm³/mol. The number of pyridine rings is 1. The number of nitrogens with zero attached hydrogens (tertiary/aromatic N) is 1. The van der Waals surface area contributed by atoms with Crippen LogP contribution < -0.4 is 0 Å². The molecule has 1 rings (SSSR count). The third-order valence-corrected chi connectivity index (χ3v) is 3.61. The summed E-state index contributed by atoms with van der Waals surface area (Å²) in [5.41, 5.74) is 0.321. The summed E-state index contributed by atoms with van der Waals surface area (Å²) >= 11 is 12.6. The molecule has 0 aliphatic rings. The number of carbonyl (C=O) groups is 1. The van der Waals surface area contributed by atoms with Crippen molar-refractivity contribution in [3.8, 4) is 0 Å². The molecule has 100 valence electrons.